The van der Waals surface area contributed by atoms with E-state index in [-0.39, 0.29) is 0 Å². The van der Waals surface area contributed by atoms with Gasteiger partial charge in [0, 0.05) is 55.5 Å². The Bertz CT molecular complexity index is 1060. The van der Waals surface area contributed by atoms with Crippen LogP contribution in [0.3, 0.4) is 0 Å². The number of rotatable bonds is 7. The molecule has 5 rings (SSSR count). The Morgan fingerprint density at radius 1 is 1.12 bits per heavy atom. The summed E-state index contributed by atoms with van der Waals surface area (Å²) in [5.74, 6) is 1.16. The van der Waals surface area contributed by atoms with Crippen molar-refractivity contribution in [3.05, 3.63) is 64.1 Å². The Balaban J connectivity index is 1.28. The van der Waals surface area contributed by atoms with Crippen molar-refractivity contribution >= 4 is 17.2 Å². The third-order valence-corrected chi connectivity index (χ3v) is 7.41. The van der Waals surface area contributed by atoms with Gasteiger partial charge in [0.25, 0.3) is 0 Å². The summed E-state index contributed by atoms with van der Waals surface area (Å²) in [5.41, 5.74) is 5.88. The number of likely N-dealkylation sites (tertiary alicyclic amines) is 1. The summed E-state index contributed by atoms with van der Waals surface area (Å²) in [6.07, 6.45) is 6.65. The predicted molar refractivity (Wildman–Crippen MR) is 132 cm³/mol. The molecule has 0 unspecified atom stereocenters. The number of benzene rings is 1. The number of aromatic nitrogens is 3. The molecule has 4 heterocycles. The zero-order valence-electron chi connectivity index (χ0n) is 19.5. The lowest BCUT2D eigenvalue weighted by atomic mass is 9.94. The molecule has 2 saturated heterocycles. The molecule has 0 bridgehead atoms. The molecule has 2 aliphatic rings. The molecule has 1 aromatic carbocycles. The van der Waals surface area contributed by atoms with Crippen molar-refractivity contribution in [2.24, 2.45) is 5.92 Å². The van der Waals surface area contributed by atoms with Crippen molar-refractivity contribution in [2.45, 2.75) is 51.6 Å². The van der Waals surface area contributed by atoms with Gasteiger partial charge in [-0.05, 0) is 75.4 Å². The summed E-state index contributed by atoms with van der Waals surface area (Å²) in [5, 5.41) is 9.39. The van der Waals surface area contributed by atoms with Crippen LogP contribution in [0.25, 0.3) is 5.65 Å². The molecular formula is C26H34ClN5O. The Labute approximate surface area is 201 Å². The van der Waals surface area contributed by atoms with E-state index in [2.05, 4.69) is 39.9 Å². The summed E-state index contributed by atoms with van der Waals surface area (Å²) in [6, 6.07) is 10.4. The van der Waals surface area contributed by atoms with E-state index in [9.17, 15) is 0 Å². The van der Waals surface area contributed by atoms with Crippen LogP contribution in [0.5, 0.6) is 0 Å². The first-order valence-electron chi connectivity index (χ1n) is 12.3. The number of piperidine rings is 1. The van der Waals surface area contributed by atoms with E-state index < -0.39 is 0 Å². The van der Waals surface area contributed by atoms with E-state index in [4.69, 9.17) is 26.4 Å². The highest BCUT2D eigenvalue weighted by Crippen LogP contribution is 2.29. The molecule has 2 aliphatic heterocycles. The van der Waals surface area contributed by atoms with Crippen LogP contribution in [0.1, 0.15) is 54.1 Å². The average Bonchev–Trinajstić information content (AvgIpc) is 3.16. The van der Waals surface area contributed by atoms with E-state index in [1.165, 1.54) is 29.7 Å². The van der Waals surface area contributed by atoms with Gasteiger partial charge in [0.2, 0.25) is 0 Å². The van der Waals surface area contributed by atoms with Gasteiger partial charge in [-0.3, -0.25) is 4.90 Å². The molecule has 0 saturated carbocycles. The highest BCUT2D eigenvalue weighted by Gasteiger charge is 2.25. The van der Waals surface area contributed by atoms with E-state index in [1.54, 1.807) is 0 Å². The molecule has 6 nitrogen and oxygen atoms in total. The highest BCUT2D eigenvalue weighted by atomic mass is 35.5. The molecule has 1 atom stereocenters. The van der Waals surface area contributed by atoms with Crippen molar-refractivity contribution in [3.63, 3.8) is 0 Å². The monoisotopic (exact) mass is 467 g/mol. The first kappa shape index (κ1) is 22.8. The SMILES string of the molecule is Cc1nn2c([C@@H]3CCCN(Cc4ccc(Cl)cc4)C3)ccnc2c1CNCC1CCOCC1. The maximum absolute atomic E-state index is 6.06. The van der Waals surface area contributed by atoms with Gasteiger partial charge in [-0.2, -0.15) is 5.10 Å². The van der Waals surface area contributed by atoms with Gasteiger partial charge >= 0.3 is 0 Å². The normalized spacial score (nSPS) is 20.5. The molecule has 2 aromatic heterocycles. The number of halogens is 1. The Morgan fingerprint density at radius 3 is 2.76 bits per heavy atom. The second-order valence-electron chi connectivity index (χ2n) is 9.56. The second-order valence-corrected chi connectivity index (χ2v) is 9.99. The zero-order chi connectivity index (χ0) is 22.6. The molecule has 0 aliphatic carbocycles. The molecule has 176 valence electrons. The fraction of sp³-hybridized carbons (Fsp3) is 0.538. The number of aryl methyl sites for hydroxylation is 1. The maximum atomic E-state index is 6.06. The molecule has 0 amide bonds. The van der Waals surface area contributed by atoms with Crippen molar-refractivity contribution in [1.82, 2.24) is 24.8 Å². The summed E-state index contributed by atoms with van der Waals surface area (Å²) < 4.78 is 7.59. The van der Waals surface area contributed by atoms with E-state index in [0.29, 0.717) is 11.8 Å². The largest absolute Gasteiger partial charge is 0.381 e. The Morgan fingerprint density at radius 2 is 1.94 bits per heavy atom. The Hall–Kier alpha value is -1.99. The van der Waals surface area contributed by atoms with Crippen molar-refractivity contribution < 1.29 is 4.74 Å². The van der Waals surface area contributed by atoms with E-state index in [0.717, 1.165) is 75.1 Å². The van der Waals surface area contributed by atoms with Crippen LogP contribution in [-0.4, -0.2) is 52.3 Å². The summed E-state index contributed by atoms with van der Waals surface area (Å²) >= 11 is 6.06. The molecule has 0 radical (unpaired) electrons. The lowest BCUT2D eigenvalue weighted by Gasteiger charge is -2.33. The lowest BCUT2D eigenvalue weighted by molar-refractivity contribution is 0.0662. The van der Waals surface area contributed by atoms with Crippen LogP contribution in [0.2, 0.25) is 5.02 Å². The zero-order valence-corrected chi connectivity index (χ0v) is 20.2. The molecule has 2 fully saturated rings. The summed E-state index contributed by atoms with van der Waals surface area (Å²) in [7, 11) is 0. The third-order valence-electron chi connectivity index (χ3n) is 7.16. The molecule has 0 spiro atoms. The van der Waals surface area contributed by atoms with Gasteiger partial charge < -0.3 is 10.1 Å². The smallest absolute Gasteiger partial charge is 0.159 e. The van der Waals surface area contributed by atoms with Gasteiger partial charge in [-0.1, -0.05) is 23.7 Å². The number of nitrogens with zero attached hydrogens (tertiary/aromatic N) is 4. The highest BCUT2D eigenvalue weighted by molar-refractivity contribution is 6.30. The van der Waals surface area contributed by atoms with Crippen LogP contribution in [0, 0.1) is 12.8 Å². The van der Waals surface area contributed by atoms with E-state index >= 15 is 0 Å². The first-order chi connectivity index (χ1) is 16.2. The second kappa shape index (κ2) is 10.5. The number of nitrogens with one attached hydrogen (secondary N) is 1. The standard InChI is InChI=1S/C26H34ClN5O/c1-19-24(16-28-15-20-9-13-33-14-10-20)26-29-11-8-25(32(26)30-19)22-3-2-12-31(18-22)17-21-4-6-23(27)7-5-21/h4-8,11,20,22,28H,2-3,9-10,12-18H2,1H3/t22-/m1/s1. The number of hydrogen-bond acceptors (Lipinski definition) is 5. The van der Waals surface area contributed by atoms with Gasteiger partial charge in [0.1, 0.15) is 0 Å². The summed E-state index contributed by atoms with van der Waals surface area (Å²) in [4.78, 5) is 7.28. The predicted octanol–water partition coefficient (Wildman–Crippen LogP) is 4.59. The van der Waals surface area contributed by atoms with Gasteiger partial charge in [-0.25, -0.2) is 9.50 Å². The van der Waals surface area contributed by atoms with Crippen molar-refractivity contribution in [1.29, 1.82) is 0 Å². The quantitative estimate of drug-likeness (QED) is 0.551. The number of ether oxygens (including phenoxy) is 1. The summed E-state index contributed by atoms with van der Waals surface area (Å²) in [6.45, 7) is 8.87. The molecule has 33 heavy (non-hydrogen) atoms. The van der Waals surface area contributed by atoms with Crippen LogP contribution in [0.15, 0.2) is 36.5 Å². The molecule has 7 heteroatoms. The minimum Gasteiger partial charge on any atom is -0.381 e. The third kappa shape index (κ3) is 5.40. The molecule has 1 N–H and O–H groups in total. The first-order valence-corrected chi connectivity index (χ1v) is 12.6. The van der Waals surface area contributed by atoms with Crippen LogP contribution < -0.4 is 5.32 Å². The lowest BCUT2D eigenvalue weighted by Crippen LogP contribution is -2.34. The maximum Gasteiger partial charge on any atom is 0.159 e. The Kier molecular flexibility index (Phi) is 7.26. The molecular weight excluding hydrogens is 434 g/mol. The van der Waals surface area contributed by atoms with Crippen LogP contribution >= 0.6 is 11.6 Å². The van der Waals surface area contributed by atoms with Crippen molar-refractivity contribution in [2.75, 3.05) is 32.8 Å². The van der Waals surface area contributed by atoms with Gasteiger partial charge in [0.15, 0.2) is 5.65 Å². The van der Waals surface area contributed by atoms with E-state index in [1.807, 2.05) is 18.3 Å². The minimum absolute atomic E-state index is 0.457. The fourth-order valence-electron chi connectivity index (χ4n) is 5.27. The minimum atomic E-state index is 0.457. The number of fused-ring (bicyclic) bond motifs is 1. The number of hydrogen-bond donors (Lipinski definition) is 1. The average molecular weight is 468 g/mol. The topological polar surface area (TPSA) is 54.7 Å². The molecule has 3 aromatic rings. The van der Waals surface area contributed by atoms with Crippen LogP contribution in [0.4, 0.5) is 0 Å². The van der Waals surface area contributed by atoms with Crippen molar-refractivity contribution in [3.8, 4) is 0 Å². The fourth-order valence-corrected chi connectivity index (χ4v) is 5.40. The van der Waals surface area contributed by atoms with Gasteiger partial charge in [0.05, 0.1) is 11.4 Å². The van der Waals surface area contributed by atoms with Crippen LogP contribution in [-0.2, 0) is 17.8 Å². The van der Waals surface area contributed by atoms with Gasteiger partial charge in [-0.15, -0.1) is 0 Å².